The molecule has 0 aliphatic carbocycles. The Morgan fingerprint density at radius 3 is 1.48 bits per heavy atom. The molecule has 656 valence electrons. The van der Waals surface area contributed by atoms with Crippen LogP contribution >= 0.6 is 73.4 Å². The number of carbonyl (C=O) groups excluding carboxylic acids is 1. The number of halogens is 4. The van der Waals surface area contributed by atoms with Gasteiger partial charge in [-0.1, -0.05) is 186 Å². The summed E-state index contributed by atoms with van der Waals surface area (Å²) in [6.45, 7) is 10.2. The molecule has 126 heavy (non-hydrogen) atoms. The first kappa shape index (κ1) is 95.6. The maximum atomic E-state index is 12.6. The number of sulfonamides is 4. The molecule has 11 aromatic carbocycles. The first-order chi connectivity index (χ1) is 59.7. The van der Waals surface area contributed by atoms with E-state index in [4.69, 9.17) is 34.8 Å². The highest BCUT2D eigenvalue weighted by molar-refractivity contribution is 9.10. The molecule has 26 nitrogen and oxygen atoms in total. The summed E-state index contributed by atoms with van der Waals surface area (Å²) in [5, 5.41) is 35.0. The molecule has 0 aliphatic rings. The topological polar surface area (TPSA) is 406 Å². The summed E-state index contributed by atoms with van der Waals surface area (Å²) in [7, 11) is -21.8. The molecule has 4 aromatic heterocycles. The number of fused-ring (bicyclic) bond motifs is 2. The number of nitrogens with one attached hydrogen (secondary N) is 7. The molecule has 9 N–H and O–H groups in total. The van der Waals surface area contributed by atoms with E-state index in [2.05, 4.69) is 91.0 Å². The number of nitrogens with zero attached hydrogens (tertiary/aromatic N) is 4. The number of para-hydroxylation sites is 4. The van der Waals surface area contributed by atoms with Gasteiger partial charge in [0, 0.05) is 38.6 Å². The molecule has 0 saturated heterocycles. The third-order valence-electron chi connectivity index (χ3n) is 18.5. The molecule has 0 atom stereocenters. The van der Waals surface area contributed by atoms with Crippen molar-refractivity contribution < 1.29 is 65.5 Å². The Kier molecular flexibility index (Phi) is 31.9. The van der Waals surface area contributed by atoms with Crippen molar-refractivity contribution in [3.63, 3.8) is 0 Å². The third-order valence-corrected chi connectivity index (χ3v) is 30.9. The van der Waals surface area contributed by atoms with Gasteiger partial charge in [-0.15, -0.1) is 21.5 Å². The van der Waals surface area contributed by atoms with Crippen molar-refractivity contribution >= 4 is 188 Å². The molecule has 15 aromatic rings. The number of carbonyl (C=O) groups is 1. The maximum absolute atomic E-state index is 12.6. The van der Waals surface area contributed by atoms with Gasteiger partial charge < -0.3 is 25.5 Å². The molecule has 0 fully saturated rings. The van der Waals surface area contributed by atoms with Crippen LogP contribution in [0.15, 0.2) is 306 Å². The number of anilines is 5. The van der Waals surface area contributed by atoms with Gasteiger partial charge in [-0.05, 0) is 230 Å². The number of thiophene rings is 1. The Hall–Kier alpha value is -11.1. The van der Waals surface area contributed by atoms with E-state index in [0.29, 0.717) is 80.5 Å². The van der Waals surface area contributed by atoms with Crippen molar-refractivity contribution in [2.24, 2.45) is 0 Å². The number of aromatic nitrogens is 6. The highest BCUT2D eigenvalue weighted by Gasteiger charge is 2.25. The number of hydrogen-bond acceptors (Lipinski definition) is 21. The molecule has 0 unspecified atom stereocenters. The standard InChI is InChI=1S/C21H21BrN2O3S2.C18H17Cl2N3O3S2.C18H16N2O5S2.C16H16N2O2S.C15H13ClN2O2S/c1-21(2,3)17-11-6-14(13-18(17)22)20(25)23-15-7-9-16(10-8-15)29(26,27)24-19-5-4-12-28-19;1-2-16-21-22-18(27-16)23-28(25,26)14-7-4-11(5-8-14)3-6-12-9-13(19)10-15(20)17(12)24;21-18-12-11-14(19-26(22,23)15-7-3-1-4-8-15)13-17(18)20-27(24,25)16-9-5-2-6-10-16;1-12-6-8-13(9-7-12)21(19,20)11-10-16-17-14-4-2-3-5-15(14)18-16;16-11-5-7-12(8-6-11)21(19,20)10-9-15-17-13-3-1-2-4-14(13)18-15/h4-13,24H,1-3H3,(H,23,25);4-5,7-10,24H,2-3,6H2,1H3,(H,22,23);1-13,19-21H;2-9H,10-11H2,1H3,(H,17,18);1-8H,9-10H2,(H,17,18). The van der Waals surface area contributed by atoms with E-state index in [-0.39, 0.29) is 80.3 Å². The lowest BCUT2D eigenvalue weighted by atomic mass is 9.86. The van der Waals surface area contributed by atoms with Gasteiger partial charge in [0.15, 0.2) is 19.7 Å². The van der Waals surface area contributed by atoms with Gasteiger partial charge in [-0.25, -0.2) is 60.5 Å². The Balaban J connectivity index is 0.000000154. The number of hydrogen-bond donors (Lipinski definition) is 9. The normalized spacial score (nSPS) is 11.8. The summed E-state index contributed by atoms with van der Waals surface area (Å²) in [5.74, 6) is 0.846. The van der Waals surface area contributed by atoms with Gasteiger partial charge in [-0.2, -0.15) is 0 Å². The summed E-state index contributed by atoms with van der Waals surface area (Å²) in [5.41, 5.74) is 8.21. The molecule has 0 bridgehead atoms. The number of amides is 1. The lowest BCUT2D eigenvalue weighted by molar-refractivity contribution is 0.102. The number of imidazole rings is 2. The highest BCUT2D eigenvalue weighted by atomic mass is 79.9. The van der Waals surface area contributed by atoms with Crippen LogP contribution in [0.1, 0.15) is 77.0 Å². The van der Waals surface area contributed by atoms with Crippen molar-refractivity contribution in [2.45, 2.75) is 102 Å². The highest BCUT2D eigenvalue weighted by Crippen LogP contribution is 2.35. The second-order valence-corrected chi connectivity index (χ2v) is 44.0. The second kappa shape index (κ2) is 42.0. The molecule has 0 saturated carbocycles. The van der Waals surface area contributed by atoms with Crippen LogP contribution in [0.2, 0.25) is 15.1 Å². The average molecular weight is 1980 g/mol. The summed E-state index contributed by atoms with van der Waals surface area (Å²) < 4.78 is 159. The zero-order valence-electron chi connectivity index (χ0n) is 67.7. The number of H-pyrrole nitrogens is 2. The number of aromatic amines is 2. The fraction of sp³-hybridized carbons (Fsp3) is 0.148. The Morgan fingerprint density at radius 2 is 0.968 bits per heavy atom. The Morgan fingerprint density at radius 1 is 0.476 bits per heavy atom. The van der Waals surface area contributed by atoms with Gasteiger partial charge in [0.1, 0.15) is 33.2 Å². The zero-order chi connectivity index (χ0) is 90.8. The van der Waals surface area contributed by atoms with Gasteiger partial charge in [-0.3, -0.25) is 23.7 Å². The van der Waals surface area contributed by atoms with Crippen LogP contribution in [-0.2, 0) is 97.3 Å². The van der Waals surface area contributed by atoms with Crippen LogP contribution in [0.5, 0.6) is 11.5 Å². The zero-order valence-corrected chi connectivity index (χ0v) is 78.1. The molecular weight excluding hydrogens is 1890 g/mol. The quantitative estimate of drug-likeness (QED) is 0.0180. The van der Waals surface area contributed by atoms with Gasteiger partial charge >= 0.3 is 0 Å². The predicted molar refractivity (Wildman–Crippen MR) is 503 cm³/mol. The second-order valence-electron chi connectivity index (χ2n) is 28.9. The fourth-order valence-corrected chi connectivity index (χ4v) is 22.0. The number of rotatable bonds is 26. The third kappa shape index (κ3) is 26.8. The minimum absolute atomic E-state index is 0.00839. The molecule has 1 amide bonds. The van der Waals surface area contributed by atoms with Crippen molar-refractivity contribution in [3.05, 3.63) is 336 Å². The van der Waals surface area contributed by atoms with Crippen molar-refractivity contribution in [2.75, 3.05) is 35.7 Å². The van der Waals surface area contributed by atoms with Crippen molar-refractivity contribution in [1.82, 2.24) is 30.1 Å². The molecule has 4 heterocycles. The van der Waals surface area contributed by atoms with E-state index in [1.165, 1.54) is 108 Å². The van der Waals surface area contributed by atoms with Gasteiger partial charge in [0.05, 0.1) is 79.3 Å². The van der Waals surface area contributed by atoms with Crippen molar-refractivity contribution in [3.8, 4) is 11.5 Å². The number of benzene rings is 11. The molecule has 0 radical (unpaired) electrons. The number of sulfone groups is 2. The summed E-state index contributed by atoms with van der Waals surface area (Å²) in [6.07, 6.45) is 2.53. The first-order valence-corrected chi connectivity index (χ1v) is 51.1. The maximum Gasteiger partial charge on any atom is 0.263 e. The van der Waals surface area contributed by atoms with E-state index in [9.17, 15) is 65.5 Å². The first-order valence-electron chi connectivity index (χ1n) is 38.2. The Bertz CT molecular complexity index is 6830. The Labute approximate surface area is 762 Å². The molecule has 0 spiro atoms. The van der Waals surface area contributed by atoms with Crippen LogP contribution in [0.25, 0.3) is 22.1 Å². The molecule has 0 aliphatic heterocycles. The van der Waals surface area contributed by atoms with E-state index >= 15 is 0 Å². The number of phenolic OH excluding ortho intramolecular Hbond substituents is 2. The van der Waals surface area contributed by atoms with E-state index < -0.39 is 59.8 Å². The number of aryl methyl sites for hydroxylation is 6. The largest absolute Gasteiger partial charge is 0.506 e. The van der Waals surface area contributed by atoms with E-state index in [0.717, 1.165) is 48.2 Å². The predicted octanol–water partition coefficient (Wildman–Crippen LogP) is 19.7. The monoisotopic (exact) mass is 1970 g/mol. The summed E-state index contributed by atoms with van der Waals surface area (Å²) in [6, 6.07) is 72.2. The van der Waals surface area contributed by atoms with Gasteiger partial charge in [0.2, 0.25) is 5.13 Å². The lowest BCUT2D eigenvalue weighted by Gasteiger charge is -2.21. The van der Waals surface area contributed by atoms with E-state index in [1.54, 1.807) is 121 Å². The molecule has 38 heteroatoms. The average Bonchev–Trinajstić information content (AvgIpc) is 1.12. The minimum Gasteiger partial charge on any atom is -0.506 e. The fourth-order valence-electron chi connectivity index (χ4n) is 11.9. The number of aromatic hydroxyl groups is 2. The van der Waals surface area contributed by atoms with Gasteiger partial charge in [0.25, 0.3) is 46.0 Å². The van der Waals surface area contributed by atoms with Crippen LogP contribution in [0.4, 0.5) is 27.2 Å². The summed E-state index contributed by atoms with van der Waals surface area (Å²) in [4.78, 5) is 28.6. The molecular formula is C88H83BrCl3N11O15S8. The summed E-state index contributed by atoms with van der Waals surface area (Å²) >= 11 is 23.7. The van der Waals surface area contributed by atoms with Crippen LogP contribution in [0, 0.1) is 6.92 Å². The number of phenols is 2. The minimum atomic E-state index is -3.94. The lowest BCUT2D eigenvalue weighted by Crippen LogP contribution is -2.15. The molecule has 15 rings (SSSR count). The smallest absolute Gasteiger partial charge is 0.263 e. The van der Waals surface area contributed by atoms with Crippen molar-refractivity contribution in [1.29, 1.82) is 0 Å². The SMILES string of the molecule is CC(C)(C)c1ccc(C(=O)Nc2ccc(S(=O)(=O)Nc3cccs3)cc2)cc1Br.CCc1nnc(NS(=O)(=O)c2ccc(CCc3cc(Cl)cc(Cl)c3O)cc2)s1.Cc1ccc(S(=O)(=O)CCc2nc3ccccc3[nH]2)cc1.O=S(=O)(CCc1nc2ccccc2[nH]1)c1ccc(Cl)cc1.O=S(=O)(Nc1ccc(O)c(NS(=O)(=O)c2ccccc2)c1)c1ccccc1. The van der Waals surface area contributed by atoms with E-state index in [1.807, 2.05) is 80.6 Å². The van der Waals surface area contributed by atoms with Crippen LogP contribution in [0.3, 0.4) is 0 Å². The van der Waals surface area contributed by atoms with Crippen LogP contribution < -0.4 is 24.2 Å². The van der Waals surface area contributed by atoms with Crippen LogP contribution in [-0.4, -0.2) is 108 Å².